The van der Waals surface area contributed by atoms with Gasteiger partial charge in [0.2, 0.25) is 0 Å². The van der Waals surface area contributed by atoms with Crippen molar-refractivity contribution in [3.05, 3.63) is 39.9 Å². The van der Waals surface area contributed by atoms with Crippen LogP contribution in [0.3, 0.4) is 0 Å². The SMILES string of the molecule is O=C(C=Cc1ccc(Cl)cc1Cl)OCC(=O)N1CCCCCC1. The number of benzene rings is 1. The molecule has 1 aromatic rings. The first-order chi connectivity index (χ1) is 11.1. The van der Waals surface area contributed by atoms with E-state index < -0.39 is 5.97 Å². The molecule has 1 aliphatic heterocycles. The Bertz CT molecular complexity index is 594. The molecule has 0 bridgehead atoms. The minimum absolute atomic E-state index is 0.141. The van der Waals surface area contributed by atoms with Gasteiger partial charge in [0.15, 0.2) is 6.61 Å². The number of hydrogen-bond donors (Lipinski definition) is 0. The number of amides is 1. The van der Waals surface area contributed by atoms with Crippen LogP contribution < -0.4 is 0 Å². The Morgan fingerprint density at radius 3 is 2.48 bits per heavy atom. The fraction of sp³-hybridized carbons (Fsp3) is 0.412. The summed E-state index contributed by atoms with van der Waals surface area (Å²) in [6, 6.07) is 4.98. The smallest absolute Gasteiger partial charge is 0.331 e. The number of hydrogen-bond acceptors (Lipinski definition) is 3. The Morgan fingerprint density at radius 2 is 1.83 bits per heavy atom. The summed E-state index contributed by atoms with van der Waals surface area (Å²) in [6.45, 7) is 1.26. The summed E-state index contributed by atoms with van der Waals surface area (Å²) < 4.78 is 5.00. The third kappa shape index (κ3) is 5.88. The maximum atomic E-state index is 12.0. The summed E-state index contributed by atoms with van der Waals surface area (Å²) in [6.07, 6.45) is 7.11. The third-order valence-corrected chi connectivity index (χ3v) is 4.22. The lowest BCUT2D eigenvalue weighted by Crippen LogP contribution is -2.35. The van der Waals surface area contributed by atoms with Crippen molar-refractivity contribution >= 4 is 41.2 Å². The molecule has 0 spiro atoms. The topological polar surface area (TPSA) is 46.6 Å². The van der Waals surface area contributed by atoms with Crippen molar-refractivity contribution in [3.63, 3.8) is 0 Å². The zero-order chi connectivity index (χ0) is 16.7. The van der Waals surface area contributed by atoms with Gasteiger partial charge in [-0.15, -0.1) is 0 Å². The van der Waals surface area contributed by atoms with Crippen LogP contribution >= 0.6 is 23.2 Å². The van der Waals surface area contributed by atoms with Crippen LogP contribution in [0.25, 0.3) is 6.08 Å². The lowest BCUT2D eigenvalue weighted by Gasteiger charge is -2.19. The average molecular weight is 356 g/mol. The summed E-state index contributed by atoms with van der Waals surface area (Å²) in [4.78, 5) is 25.5. The molecule has 0 aliphatic carbocycles. The van der Waals surface area contributed by atoms with Gasteiger partial charge in [-0.2, -0.15) is 0 Å². The summed E-state index contributed by atoms with van der Waals surface area (Å²) in [5, 5.41) is 0.972. The van der Waals surface area contributed by atoms with Gasteiger partial charge in [-0.3, -0.25) is 4.79 Å². The Labute approximate surface area is 146 Å². The maximum absolute atomic E-state index is 12.0. The lowest BCUT2D eigenvalue weighted by atomic mass is 10.2. The Balaban J connectivity index is 1.82. The van der Waals surface area contributed by atoms with E-state index >= 15 is 0 Å². The van der Waals surface area contributed by atoms with E-state index in [0.29, 0.717) is 15.6 Å². The molecule has 23 heavy (non-hydrogen) atoms. The van der Waals surface area contributed by atoms with Crippen LogP contribution in [0.15, 0.2) is 24.3 Å². The molecule has 0 unspecified atom stereocenters. The van der Waals surface area contributed by atoms with Gasteiger partial charge in [-0.1, -0.05) is 42.1 Å². The van der Waals surface area contributed by atoms with Gasteiger partial charge in [-0.25, -0.2) is 4.79 Å². The van der Waals surface area contributed by atoms with Crippen molar-refractivity contribution in [2.24, 2.45) is 0 Å². The standard InChI is InChI=1S/C17H19Cl2NO3/c18-14-7-5-13(15(19)11-14)6-8-17(22)23-12-16(21)20-9-3-1-2-4-10-20/h5-8,11H,1-4,9-10,12H2. The van der Waals surface area contributed by atoms with Gasteiger partial charge in [0.1, 0.15) is 0 Å². The van der Waals surface area contributed by atoms with Crippen LogP contribution in [0.5, 0.6) is 0 Å². The first kappa shape index (κ1) is 17.8. The number of carbonyl (C=O) groups is 2. The molecule has 0 atom stereocenters. The minimum atomic E-state index is -0.570. The number of rotatable bonds is 4. The van der Waals surface area contributed by atoms with Crippen molar-refractivity contribution in [2.75, 3.05) is 19.7 Å². The van der Waals surface area contributed by atoms with E-state index in [2.05, 4.69) is 0 Å². The van der Waals surface area contributed by atoms with Crippen LogP contribution in [0.2, 0.25) is 10.0 Å². The fourth-order valence-electron chi connectivity index (χ4n) is 2.39. The Hall–Kier alpha value is -1.52. The highest BCUT2D eigenvalue weighted by Gasteiger charge is 2.16. The number of ether oxygens (including phenoxy) is 1. The largest absolute Gasteiger partial charge is 0.452 e. The van der Waals surface area contributed by atoms with E-state index in [-0.39, 0.29) is 12.5 Å². The maximum Gasteiger partial charge on any atom is 0.331 e. The lowest BCUT2D eigenvalue weighted by molar-refractivity contribution is -0.148. The molecule has 0 saturated carbocycles. The zero-order valence-corrected chi connectivity index (χ0v) is 14.3. The predicted octanol–water partition coefficient (Wildman–Crippen LogP) is 3.95. The molecule has 1 amide bonds. The van der Waals surface area contributed by atoms with Gasteiger partial charge in [0.05, 0.1) is 0 Å². The van der Waals surface area contributed by atoms with Crippen molar-refractivity contribution in [2.45, 2.75) is 25.7 Å². The summed E-state index contributed by atoms with van der Waals surface area (Å²) in [5.41, 5.74) is 0.659. The van der Waals surface area contributed by atoms with Crippen LogP contribution in [0.1, 0.15) is 31.2 Å². The van der Waals surface area contributed by atoms with E-state index in [1.807, 2.05) is 0 Å². The number of esters is 1. The van der Waals surface area contributed by atoms with E-state index in [0.717, 1.165) is 38.8 Å². The number of likely N-dealkylation sites (tertiary alicyclic amines) is 1. The second-order valence-electron chi connectivity index (χ2n) is 5.40. The Kier molecular flexibility index (Phi) is 6.93. The summed E-state index contributed by atoms with van der Waals surface area (Å²) in [5.74, 6) is -0.711. The fourth-order valence-corrected chi connectivity index (χ4v) is 2.86. The average Bonchev–Trinajstić information content (AvgIpc) is 2.81. The minimum Gasteiger partial charge on any atom is -0.452 e. The highest BCUT2D eigenvalue weighted by Crippen LogP contribution is 2.22. The molecular formula is C17H19Cl2NO3. The Morgan fingerprint density at radius 1 is 1.13 bits per heavy atom. The van der Waals surface area contributed by atoms with Crippen molar-refractivity contribution in [1.29, 1.82) is 0 Å². The highest BCUT2D eigenvalue weighted by atomic mass is 35.5. The van der Waals surface area contributed by atoms with Gasteiger partial charge < -0.3 is 9.64 Å². The van der Waals surface area contributed by atoms with Crippen molar-refractivity contribution < 1.29 is 14.3 Å². The van der Waals surface area contributed by atoms with Crippen LogP contribution in [0.4, 0.5) is 0 Å². The molecular weight excluding hydrogens is 337 g/mol. The first-order valence-electron chi connectivity index (χ1n) is 7.64. The van der Waals surface area contributed by atoms with E-state index in [4.69, 9.17) is 27.9 Å². The molecule has 1 heterocycles. The second-order valence-corrected chi connectivity index (χ2v) is 6.25. The third-order valence-electron chi connectivity index (χ3n) is 3.66. The van der Waals surface area contributed by atoms with Crippen molar-refractivity contribution in [1.82, 2.24) is 4.90 Å². The molecule has 1 aliphatic rings. The molecule has 124 valence electrons. The molecule has 1 fully saturated rings. The number of halogens is 2. The van der Waals surface area contributed by atoms with E-state index in [1.165, 1.54) is 12.2 Å². The molecule has 1 aromatic carbocycles. The molecule has 0 aromatic heterocycles. The van der Waals surface area contributed by atoms with E-state index in [9.17, 15) is 9.59 Å². The normalized spacial score (nSPS) is 15.5. The second kappa shape index (κ2) is 8.94. The quantitative estimate of drug-likeness (QED) is 0.606. The van der Waals surface area contributed by atoms with Gasteiger partial charge in [0, 0.05) is 29.2 Å². The molecule has 1 saturated heterocycles. The van der Waals surface area contributed by atoms with Gasteiger partial charge in [-0.05, 0) is 36.6 Å². The molecule has 4 nitrogen and oxygen atoms in total. The van der Waals surface area contributed by atoms with Gasteiger partial charge >= 0.3 is 5.97 Å². The first-order valence-corrected chi connectivity index (χ1v) is 8.39. The summed E-state index contributed by atoms with van der Waals surface area (Å²) >= 11 is 11.8. The molecule has 6 heteroatoms. The number of carbonyl (C=O) groups excluding carboxylic acids is 2. The molecule has 2 rings (SSSR count). The zero-order valence-electron chi connectivity index (χ0n) is 12.8. The van der Waals surface area contributed by atoms with Crippen LogP contribution in [-0.2, 0) is 14.3 Å². The summed E-state index contributed by atoms with van der Waals surface area (Å²) in [7, 11) is 0. The molecule has 0 N–H and O–H groups in total. The highest BCUT2D eigenvalue weighted by molar-refractivity contribution is 6.35. The monoisotopic (exact) mass is 355 g/mol. The van der Waals surface area contributed by atoms with Gasteiger partial charge in [0.25, 0.3) is 5.91 Å². The molecule has 0 radical (unpaired) electrons. The number of nitrogens with zero attached hydrogens (tertiary/aromatic N) is 1. The van der Waals surface area contributed by atoms with Crippen molar-refractivity contribution in [3.8, 4) is 0 Å². The van der Waals surface area contributed by atoms with Crippen LogP contribution in [-0.4, -0.2) is 36.5 Å². The van der Waals surface area contributed by atoms with Crippen LogP contribution in [0, 0.1) is 0 Å². The predicted molar refractivity (Wildman–Crippen MR) is 91.5 cm³/mol. The van der Waals surface area contributed by atoms with E-state index in [1.54, 1.807) is 23.1 Å².